The van der Waals surface area contributed by atoms with Gasteiger partial charge in [-0.05, 0) is 38.7 Å². The lowest BCUT2D eigenvalue weighted by Gasteiger charge is -2.33. The fourth-order valence-electron chi connectivity index (χ4n) is 3.94. The number of piperidine rings is 1. The van der Waals surface area contributed by atoms with Gasteiger partial charge in [-0.1, -0.05) is 17.4 Å². The third kappa shape index (κ3) is 4.83. The summed E-state index contributed by atoms with van der Waals surface area (Å²) in [7, 11) is 3.64. The van der Waals surface area contributed by atoms with Crippen LogP contribution in [0, 0.1) is 0 Å². The number of fused-ring (bicyclic) bond motifs is 1. The van der Waals surface area contributed by atoms with E-state index in [1.807, 2.05) is 11.9 Å². The van der Waals surface area contributed by atoms with Crippen LogP contribution in [0.1, 0.15) is 11.4 Å². The number of hydrogen-bond donors (Lipinski definition) is 2. The molecule has 1 saturated heterocycles. The molecule has 2 aromatic heterocycles. The lowest BCUT2D eigenvalue weighted by Crippen LogP contribution is -2.46. The Morgan fingerprint density at radius 1 is 1.26 bits per heavy atom. The van der Waals surface area contributed by atoms with Crippen LogP contribution in [-0.2, 0) is 13.1 Å². The number of aromatic nitrogens is 3. The molecule has 2 atom stereocenters. The molecule has 0 unspecified atom stereocenters. The molecule has 2 N–H and O–H groups in total. The summed E-state index contributed by atoms with van der Waals surface area (Å²) in [6.45, 7) is 0.425. The van der Waals surface area contributed by atoms with E-state index in [4.69, 9.17) is 0 Å². The minimum atomic E-state index is -4.40. The second kappa shape index (κ2) is 8.71. The third-order valence-electron chi connectivity index (χ3n) is 5.38. The van der Waals surface area contributed by atoms with Crippen molar-refractivity contribution >= 4 is 27.9 Å². The van der Waals surface area contributed by atoms with Crippen molar-refractivity contribution in [3.8, 4) is 10.7 Å². The smallest absolute Gasteiger partial charge is 0.379 e. The first-order chi connectivity index (χ1) is 14.7. The third-order valence-corrected chi connectivity index (χ3v) is 6.33. The van der Waals surface area contributed by atoms with Crippen LogP contribution in [0.3, 0.4) is 0 Å². The van der Waals surface area contributed by atoms with Gasteiger partial charge in [0.2, 0.25) is 0 Å². The van der Waals surface area contributed by atoms with Crippen LogP contribution in [0.15, 0.2) is 24.3 Å². The zero-order valence-electron chi connectivity index (χ0n) is 17.2. The molecule has 6 nitrogen and oxygen atoms in total. The average Bonchev–Trinajstić information content (AvgIpc) is 3.29. The Morgan fingerprint density at radius 2 is 2.06 bits per heavy atom. The number of alkyl halides is 4. The Bertz CT molecular complexity index is 1050. The molecule has 1 aliphatic heterocycles. The summed E-state index contributed by atoms with van der Waals surface area (Å²) in [5, 5.41) is 16.1. The summed E-state index contributed by atoms with van der Waals surface area (Å²) >= 11 is 1.25. The van der Waals surface area contributed by atoms with Gasteiger partial charge in [0.05, 0.1) is 17.3 Å². The Labute approximate surface area is 181 Å². The summed E-state index contributed by atoms with van der Waals surface area (Å²) in [4.78, 5) is 1.93. The van der Waals surface area contributed by atoms with Crippen LogP contribution in [0.25, 0.3) is 21.6 Å². The van der Waals surface area contributed by atoms with Gasteiger partial charge in [-0.2, -0.15) is 13.2 Å². The van der Waals surface area contributed by atoms with Gasteiger partial charge in [0.25, 0.3) is 0 Å². The Balaban J connectivity index is 1.76. The van der Waals surface area contributed by atoms with E-state index in [2.05, 4.69) is 20.8 Å². The summed E-state index contributed by atoms with van der Waals surface area (Å²) < 4.78 is 56.0. The molecule has 1 aliphatic rings. The van der Waals surface area contributed by atoms with E-state index < -0.39 is 18.9 Å². The molecule has 168 valence electrons. The van der Waals surface area contributed by atoms with Crippen LogP contribution >= 0.6 is 11.3 Å². The zero-order chi connectivity index (χ0) is 22.2. The van der Waals surface area contributed by atoms with E-state index in [0.29, 0.717) is 51.8 Å². The largest absolute Gasteiger partial charge is 0.406 e. The van der Waals surface area contributed by atoms with Crippen LogP contribution in [0.5, 0.6) is 0 Å². The highest BCUT2D eigenvalue weighted by Gasteiger charge is 2.32. The van der Waals surface area contributed by atoms with Crippen molar-refractivity contribution in [3.63, 3.8) is 0 Å². The molecule has 3 aromatic rings. The molecular formula is C20H24F4N6S. The van der Waals surface area contributed by atoms with Crippen molar-refractivity contribution in [1.82, 2.24) is 25.0 Å². The van der Waals surface area contributed by atoms with Gasteiger partial charge in [0.1, 0.15) is 17.7 Å². The standard InChI is InChI=1S/C20H24F4N6S/c1-25-9-18-27-28-19(31-18)17-8-12-14(26-15-6-7-29(2)10-13(15)21)4-3-5-16(12)30(17)11-20(22,23)24/h3-5,8,13,15,25-26H,6-7,9-11H2,1-2H3/t13-,15+/m1/s1. The van der Waals surface area contributed by atoms with Gasteiger partial charge in [-0.15, -0.1) is 10.2 Å². The topological polar surface area (TPSA) is 58.0 Å². The first kappa shape index (κ1) is 22.0. The molecule has 1 aromatic carbocycles. The van der Waals surface area contributed by atoms with Crippen LogP contribution in [-0.4, -0.2) is 65.2 Å². The summed E-state index contributed by atoms with van der Waals surface area (Å²) in [5.41, 5.74) is 1.39. The normalized spacial score (nSPS) is 20.5. The average molecular weight is 457 g/mol. The number of halogens is 4. The molecule has 0 spiro atoms. The predicted molar refractivity (Wildman–Crippen MR) is 114 cm³/mol. The predicted octanol–water partition coefficient (Wildman–Crippen LogP) is 3.90. The molecule has 31 heavy (non-hydrogen) atoms. The number of nitrogens with one attached hydrogen (secondary N) is 2. The highest BCUT2D eigenvalue weighted by atomic mass is 32.1. The van der Waals surface area contributed by atoms with Crippen molar-refractivity contribution < 1.29 is 17.6 Å². The van der Waals surface area contributed by atoms with Crippen molar-refractivity contribution in [3.05, 3.63) is 29.3 Å². The quantitative estimate of drug-likeness (QED) is 0.551. The first-order valence-corrected chi connectivity index (χ1v) is 10.8. The molecular weight excluding hydrogens is 432 g/mol. The molecule has 4 rings (SSSR count). The molecule has 0 saturated carbocycles. The number of likely N-dealkylation sites (tertiary alicyclic amines) is 1. The maximum absolute atomic E-state index is 14.6. The number of anilines is 1. The highest BCUT2D eigenvalue weighted by molar-refractivity contribution is 7.14. The van der Waals surface area contributed by atoms with Crippen molar-refractivity contribution in [2.24, 2.45) is 0 Å². The summed E-state index contributed by atoms with van der Waals surface area (Å²) in [5.74, 6) is 0. The van der Waals surface area contributed by atoms with E-state index in [1.165, 1.54) is 15.9 Å². The lowest BCUT2D eigenvalue weighted by atomic mass is 10.0. The molecule has 0 bridgehead atoms. The maximum Gasteiger partial charge on any atom is 0.406 e. The Hall–Kier alpha value is -2.24. The highest BCUT2D eigenvalue weighted by Crippen LogP contribution is 2.36. The summed E-state index contributed by atoms with van der Waals surface area (Å²) in [6, 6.07) is 6.42. The fourth-order valence-corrected chi connectivity index (χ4v) is 4.81. The Kier molecular flexibility index (Phi) is 6.18. The monoisotopic (exact) mass is 456 g/mol. The van der Waals surface area contributed by atoms with E-state index in [0.717, 1.165) is 6.54 Å². The minimum absolute atomic E-state index is 0.326. The number of nitrogens with zero attached hydrogens (tertiary/aromatic N) is 4. The fraction of sp³-hybridized carbons (Fsp3) is 0.500. The van der Waals surface area contributed by atoms with Gasteiger partial charge in [0.15, 0.2) is 5.01 Å². The van der Waals surface area contributed by atoms with Crippen LogP contribution < -0.4 is 10.6 Å². The zero-order valence-corrected chi connectivity index (χ0v) is 18.0. The van der Waals surface area contributed by atoms with Crippen LogP contribution in [0.2, 0.25) is 0 Å². The molecule has 1 fully saturated rings. The number of rotatable bonds is 6. The summed E-state index contributed by atoms with van der Waals surface area (Å²) in [6.07, 6.45) is -4.84. The van der Waals surface area contributed by atoms with Crippen molar-refractivity contribution in [2.75, 3.05) is 32.5 Å². The molecule has 0 radical (unpaired) electrons. The molecule has 0 aliphatic carbocycles. The first-order valence-electron chi connectivity index (χ1n) is 10.0. The van der Waals surface area contributed by atoms with Crippen LogP contribution in [0.4, 0.5) is 23.2 Å². The van der Waals surface area contributed by atoms with Gasteiger partial charge in [-0.25, -0.2) is 4.39 Å². The van der Waals surface area contributed by atoms with E-state index >= 15 is 0 Å². The number of benzene rings is 1. The van der Waals surface area contributed by atoms with Gasteiger partial charge in [-0.3, -0.25) is 0 Å². The SMILES string of the molecule is CNCc1nnc(-c2cc3c(N[C@H]4CCN(C)C[C@H]4F)cccc3n2CC(F)(F)F)s1. The second-order valence-corrected chi connectivity index (χ2v) is 8.88. The van der Waals surface area contributed by atoms with Crippen molar-refractivity contribution in [2.45, 2.75) is 37.9 Å². The maximum atomic E-state index is 14.6. The Morgan fingerprint density at radius 3 is 2.77 bits per heavy atom. The van der Waals surface area contributed by atoms with E-state index in [9.17, 15) is 17.6 Å². The second-order valence-electron chi connectivity index (χ2n) is 7.82. The van der Waals surface area contributed by atoms with Gasteiger partial charge in [0, 0.05) is 30.7 Å². The minimum Gasteiger partial charge on any atom is -0.379 e. The van der Waals surface area contributed by atoms with Gasteiger partial charge < -0.3 is 20.1 Å². The molecule has 3 heterocycles. The van der Waals surface area contributed by atoms with Gasteiger partial charge >= 0.3 is 6.18 Å². The van der Waals surface area contributed by atoms with Crippen molar-refractivity contribution in [1.29, 1.82) is 0 Å². The molecule has 11 heteroatoms. The van der Waals surface area contributed by atoms with E-state index in [1.54, 1.807) is 31.3 Å². The van der Waals surface area contributed by atoms with E-state index in [-0.39, 0.29) is 6.04 Å². The number of hydrogen-bond acceptors (Lipinski definition) is 6. The molecule has 0 amide bonds. The lowest BCUT2D eigenvalue weighted by molar-refractivity contribution is -0.139.